The molecule has 9 nitrogen and oxygen atoms in total. The van der Waals surface area contributed by atoms with Crippen molar-refractivity contribution in [2.45, 2.75) is 57.2 Å². The van der Waals surface area contributed by atoms with Crippen molar-refractivity contribution in [1.82, 2.24) is 14.9 Å². The highest BCUT2D eigenvalue weighted by Gasteiger charge is 2.43. The number of benzene rings is 1. The smallest absolute Gasteiger partial charge is 0.229 e. The highest BCUT2D eigenvalue weighted by Crippen LogP contribution is 2.38. The summed E-state index contributed by atoms with van der Waals surface area (Å²) in [6, 6.07) is 7.85. The van der Waals surface area contributed by atoms with Crippen molar-refractivity contribution in [3.63, 3.8) is 0 Å². The lowest BCUT2D eigenvalue weighted by Gasteiger charge is -2.47. The van der Waals surface area contributed by atoms with E-state index in [1.165, 1.54) is 12.8 Å². The van der Waals surface area contributed by atoms with Crippen LogP contribution >= 0.6 is 0 Å². The summed E-state index contributed by atoms with van der Waals surface area (Å²) in [6.45, 7) is 6.73. The predicted molar refractivity (Wildman–Crippen MR) is 133 cm³/mol. The van der Waals surface area contributed by atoms with Crippen LogP contribution in [0.15, 0.2) is 24.4 Å². The Bertz CT molecular complexity index is 1140. The fourth-order valence-electron chi connectivity index (χ4n) is 5.63. The average molecular weight is 497 g/mol. The van der Waals surface area contributed by atoms with Crippen molar-refractivity contribution < 1.29 is 19.0 Å². The van der Waals surface area contributed by atoms with Gasteiger partial charge in [-0.3, -0.25) is 4.90 Å². The summed E-state index contributed by atoms with van der Waals surface area (Å²) in [5.41, 5.74) is 0.556. The van der Waals surface area contributed by atoms with E-state index < -0.39 is 11.2 Å². The molecule has 3 N–H and O–H groups in total. The number of hydrogen-bond acceptors (Lipinski definition) is 9. The zero-order valence-corrected chi connectivity index (χ0v) is 20.8. The molecule has 1 aromatic carbocycles. The molecule has 192 valence electrons. The number of hydrogen-bond donors (Lipinski definition) is 3. The van der Waals surface area contributed by atoms with Gasteiger partial charge >= 0.3 is 0 Å². The van der Waals surface area contributed by atoms with Gasteiger partial charge in [-0.2, -0.15) is 10.2 Å². The standard InChI is InChI=1S/C26H33FN6O3/c1-25(2)10-19(9-20-4-3-7-33(20)25)30-23-21(27)12-29-24(32-23)31-18-5-6-22(17(8-18)11-28)36-16-26(13-34)14-35-15-26/h5-6,8,12,19-20,34H,3-4,7,9-10,13-16H2,1-2H3,(H2,29,30,31,32)/t19-,20-/m1/s1. The minimum absolute atomic E-state index is 0.0376. The van der Waals surface area contributed by atoms with E-state index in [4.69, 9.17) is 9.47 Å². The van der Waals surface area contributed by atoms with E-state index in [0.717, 1.165) is 25.6 Å². The number of halogens is 1. The van der Waals surface area contributed by atoms with Gasteiger partial charge in [-0.1, -0.05) is 0 Å². The summed E-state index contributed by atoms with van der Waals surface area (Å²) in [5.74, 6) is 0.342. The Kier molecular flexibility index (Phi) is 6.72. The first kappa shape index (κ1) is 24.7. The number of rotatable bonds is 8. The maximum atomic E-state index is 14.6. The lowest BCUT2D eigenvalue weighted by Crippen LogP contribution is -2.55. The van der Waals surface area contributed by atoms with E-state index >= 15 is 0 Å². The molecule has 2 aromatic rings. The second-order valence-corrected chi connectivity index (χ2v) is 10.9. The maximum Gasteiger partial charge on any atom is 0.229 e. The minimum atomic E-state index is -0.494. The fraction of sp³-hybridized carbons (Fsp3) is 0.577. The third kappa shape index (κ3) is 4.96. The van der Waals surface area contributed by atoms with E-state index in [1.807, 2.05) is 0 Å². The van der Waals surface area contributed by atoms with Crippen LogP contribution in [0.25, 0.3) is 0 Å². The van der Waals surface area contributed by atoms with Gasteiger partial charge in [0.1, 0.15) is 18.4 Å². The van der Waals surface area contributed by atoms with Crippen molar-refractivity contribution in [2.75, 3.05) is 43.6 Å². The summed E-state index contributed by atoms with van der Waals surface area (Å²) >= 11 is 0. The highest BCUT2D eigenvalue weighted by atomic mass is 19.1. The van der Waals surface area contributed by atoms with Gasteiger partial charge in [0.2, 0.25) is 5.95 Å². The second kappa shape index (κ2) is 9.81. The number of nitrogens with zero attached hydrogens (tertiary/aromatic N) is 4. The number of piperidine rings is 1. The lowest BCUT2D eigenvalue weighted by atomic mass is 9.84. The van der Waals surface area contributed by atoms with E-state index in [2.05, 4.69) is 45.4 Å². The molecule has 0 radical (unpaired) electrons. The number of nitrogens with one attached hydrogen (secondary N) is 2. The van der Waals surface area contributed by atoms with Crippen molar-refractivity contribution in [2.24, 2.45) is 5.41 Å². The van der Waals surface area contributed by atoms with Crippen molar-refractivity contribution in [3.8, 4) is 11.8 Å². The summed E-state index contributed by atoms with van der Waals surface area (Å²) < 4.78 is 25.6. The second-order valence-electron chi connectivity index (χ2n) is 10.9. The van der Waals surface area contributed by atoms with Crippen LogP contribution in [0.3, 0.4) is 0 Å². The summed E-state index contributed by atoms with van der Waals surface area (Å²) in [7, 11) is 0. The molecule has 0 aliphatic carbocycles. The number of aliphatic hydroxyl groups excluding tert-OH is 1. The Labute approximate surface area is 210 Å². The molecule has 0 bridgehead atoms. The molecular formula is C26H33FN6O3. The van der Waals surface area contributed by atoms with E-state index in [0.29, 0.717) is 36.3 Å². The molecule has 0 spiro atoms. The van der Waals surface area contributed by atoms with Crippen LogP contribution in [-0.4, -0.2) is 70.6 Å². The fourth-order valence-corrected chi connectivity index (χ4v) is 5.63. The molecule has 1 aromatic heterocycles. The average Bonchev–Trinajstić information content (AvgIpc) is 3.31. The van der Waals surface area contributed by atoms with E-state index in [9.17, 15) is 14.8 Å². The quantitative estimate of drug-likeness (QED) is 0.505. The Morgan fingerprint density at radius 3 is 2.92 bits per heavy atom. The van der Waals surface area contributed by atoms with Gasteiger partial charge < -0.3 is 25.2 Å². The summed E-state index contributed by atoms with van der Waals surface area (Å²) in [4.78, 5) is 11.1. The first-order valence-corrected chi connectivity index (χ1v) is 12.5. The SMILES string of the molecule is CC1(C)C[C@H](Nc2nc(Nc3ccc(OCC4(CO)COC4)c(C#N)c3)ncc2F)C[C@H]2CCCN21. The topological polar surface area (TPSA) is 116 Å². The maximum absolute atomic E-state index is 14.6. The molecule has 2 atom stereocenters. The predicted octanol–water partition coefficient (Wildman–Crippen LogP) is 3.44. The molecule has 3 saturated heterocycles. The Balaban J connectivity index is 1.26. The molecule has 0 amide bonds. The Morgan fingerprint density at radius 1 is 1.36 bits per heavy atom. The van der Waals surface area contributed by atoms with Crippen LogP contribution in [0.4, 0.5) is 21.8 Å². The normalized spacial score (nSPS) is 24.3. The molecule has 0 saturated carbocycles. The number of fused-ring (bicyclic) bond motifs is 1. The first-order chi connectivity index (χ1) is 17.3. The number of anilines is 3. The number of aromatic nitrogens is 2. The van der Waals surface area contributed by atoms with Gasteiger partial charge in [0.05, 0.1) is 37.0 Å². The van der Waals surface area contributed by atoms with Crippen LogP contribution in [0.2, 0.25) is 0 Å². The van der Waals surface area contributed by atoms with Crippen molar-refractivity contribution in [3.05, 3.63) is 35.8 Å². The zero-order valence-electron chi connectivity index (χ0n) is 20.8. The summed E-state index contributed by atoms with van der Waals surface area (Å²) in [5, 5.41) is 25.6. The van der Waals surface area contributed by atoms with Gasteiger partial charge in [0.25, 0.3) is 0 Å². The minimum Gasteiger partial charge on any atom is -0.491 e. The molecular weight excluding hydrogens is 463 g/mol. The molecule has 3 aliphatic rings. The van der Waals surface area contributed by atoms with Crippen molar-refractivity contribution >= 4 is 17.5 Å². The largest absolute Gasteiger partial charge is 0.491 e. The van der Waals surface area contributed by atoms with Gasteiger partial charge in [0, 0.05) is 23.3 Å². The van der Waals surface area contributed by atoms with Crippen molar-refractivity contribution in [1.29, 1.82) is 5.26 Å². The van der Waals surface area contributed by atoms with Crippen LogP contribution in [0.5, 0.6) is 5.75 Å². The van der Waals surface area contributed by atoms with Crippen LogP contribution < -0.4 is 15.4 Å². The van der Waals surface area contributed by atoms with E-state index in [1.54, 1.807) is 18.2 Å². The number of aliphatic hydroxyl groups is 1. The molecule has 0 unspecified atom stereocenters. The Hall–Kier alpha value is -3.00. The van der Waals surface area contributed by atoms with Crippen LogP contribution in [0.1, 0.15) is 45.1 Å². The van der Waals surface area contributed by atoms with Crippen LogP contribution in [0, 0.1) is 22.6 Å². The third-order valence-corrected chi connectivity index (χ3v) is 7.58. The molecule has 36 heavy (non-hydrogen) atoms. The Morgan fingerprint density at radius 2 is 2.19 bits per heavy atom. The molecule has 4 heterocycles. The number of nitriles is 1. The van der Waals surface area contributed by atoms with Crippen LogP contribution in [-0.2, 0) is 4.74 Å². The number of ether oxygens (including phenoxy) is 2. The van der Waals surface area contributed by atoms with E-state index in [-0.39, 0.29) is 36.6 Å². The zero-order chi connectivity index (χ0) is 25.3. The molecule has 3 fully saturated rings. The molecule has 5 rings (SSSR count). The molecule has 3 aliphatic heterocycles. The van der Waals surface area contributed by atoms with Gasteiger partial charge in [-0.05, 0) is 64.3 Å². The lowest BCUT2D eigenvalue weighted by molar-refractivity contribution is -0.153. The first-order valence-electron chi connectivity index (χ1n) is 12.5. The van der Waals surface area contributed by atoms with Gasteiger partial charge in [0.15, 0.2) is 11.6 Å². The summed E-state index contributed by atoms with van der Waals surface area (Å²) in [6.07, 6.45) is 5.42. The monoisotopic (exact) mass is 496 g/mol. The van der Waals surface area contributed by atoms with Gasteiger partial charge in [-0.25, -0.2) is 9.37 Å². The highest BCUT2D eigenvalue weighted by molar-refractivity contribution is 5.61. The third-order valence-electron chi connectivity index (χ3n) is 7.58. The molecule has 10 heteroatoms. The van der Waals surface area contributed by atoms with Gasteiger partial charge in [-0.15, -0.1) is 0 Å².